The predicted octanol–water partition coefficient (Wildman–Crippen LogP) is -1.76. The molecule has 0 radical (unpaired) electrons. The molecule has 0 aliphatic heterocycles. The third-order valence-corrected chi connectivity index (χ3v) is 1.44. The summed E-state index contributed by atoms with van der Waals surface area (Å²) < 4.78 is 0. The Labute approximate surface area is 75.9 Å². The Morgan fingerprint density at radius 1 is 1.31 bits per heavy atom. The Balaban J connectivity index is 3.79. The highest BCUT2D eigenvalue weighted by Crippen LogP contribution is 1.90. The number of amides is 1. The average Bonchev–Trinajstić information content (AvgIpc) is 1.99. The Bertz CT molecular complexity index is 183. The second-order valence-corrected chi connectivity index (χ2v) is 2.61. The fraction of sp³-hybridized carbons (Fsp3) is 0.714. The maximum Gasteiger partial charge on any atom is 0.304 e. The van der Waals surface area contributed by atoms with E-state index in [9.17, 15) is 9.59 Å². The minimum atomic E-state index is -0.938. The summed E-state index contributed by atoms with van der Waals surface area (Å²) >= 11 is 0. The molecular formula is C7H14N2O4. The number of nitrogens with zero attached hydrogens (tertiary/aromatic N) is 1. The zero-order valence-electron chi connectivity index (χ0n) is 7.27. The molecule has 6 heteroatoms. The molecule has 0 aromatic rings. The molecule has 0 heterocycles. The van der Waals surface area contributed by atoms with Gasteiger partial charge in [-0.1, -0.05) is 0 Å². The molecule has 0 aromatic heterocycles. The van der Waals surface area contributed by atoms with Crippen molar-refractivity contribution in [1.29, 1.82) is 0 Å². The van der Waals surface area contributed by atoms with Crippen LogP contribution in [0.5, 0.6) is 0 Å². The summed E-state index contributed by atoms with van der Waals surface area (Å²) in [6.07, 6.45) is -0.0622. The molecule has 0 spiro atoms. The Hall–Kier alpha value is -1.14. The van der Waals surface area contributed by atoms with Gasteiger partial charge in [0.1, 0.15) is 0 Å². The summed E-state index contributed by atoms with van der Waals surface area (Å²) in [6, 6.07) is 0. The molecule has 0 aliphatic rings. The second kappa shape index (κ2) is 6.38. The van der Waals surface area contributed by atoms with Crippen LogP contribution in [0.15, 0.2) is 0 Å². The third-order valence-electron chi connectivity index (χ3n) is 1.44. The number of carbonyl (C=O) groups is 2. The van der Waals surface area contributed by atoms with Crippen LogP contribution in [0.3, 0.4) is 0 Å². The van der Waals surface area contributed by atoms with Crippen LogP contribution in [0.4, 0.5) is 0 Å². The molecule has 1 amide bonds. The van der Waals surface area contributed by atoms with E-state index in [1.165, 1.54) is 4.90 Å². The number of carbonyl (C=O) groups excluding carboxylic acids is 1. The van der Waals surface area contributed by atoms with Crippen LogP contribution in [-0.4, -0.2) is 53.2 Å². The molecule has 0 atom stereocenters. The molecule has 0 rings (SSSR count). The lowest BCUT2D eigenvalue weighted by atomic mass is 10.3. The lowest BCUT2D eigenvalue weighted by Gasteiger charge is -2.17. The highest BCUT2D eigenvalue weighted by atomic mass is 16.4. The van der Waals surface area contributed by atoms with Gasteiger partial charge >= 0.3 is 5.97 Å². The minimum Gasteiger partial charge on any atom is -0.481 e. The number of primary amides is 1. The van der Waals surface area contributed by atoms with Gasteiger partial charge in [-0.15, -0.1) is 0 Å². The van der Waals surface area contributed by atoms with E-state index in [1.54, 1.807) is 0 Å². The zero-order chi connectivity index (χ0) is 10.3. The second-order valence-electron chi connectivity index (χ2n) is 2.61. The van der Waals surface area contributed by atoms with E-state index in [0.29, 0.717) is 0 Å². The van der Waals surface area contributed by atoms with Crippen LogP contribution in [-0.2, 0) is 9.59 Å². The van der Waals surface area contributed by atoms with Crippen molar-refractivity contribution in [3.8, 4) is 0 Å². The van der Waals surface area contributed by atoms with Gasteiger partial charge in [-0.05, 0) is 0 Å². The van der Waals surface area contributed by atoms with Gasteiger partial charge in [-0.3, -0.25) is 14.5 Å². The van der Waals surface area contributed by atoms with E-state index < -0.39 is 11.9 Å². The van der Waals surface area contributed by atoms with E-state index in [2.05, 4.69) is 0 Å². The standard InChI is InChI=1S/C7H14N2O4/c8-6(11)5-9(3-4-10)2-1-7(12)13/h10H,1-5H2,(H2,8,11)(H,12,13). The summed E-state index contributed by atoms with van der Waals surface area (Å²) in [6.45, 7) is 0.343. The maximum absolute atomic E-state index is 10.5. The molecule has 76 valence electrons. The van der Waals surface area contributed by atoms with Crippen molar-refractivity contribution in [2.75, 3.05) is 26.2 Å². The van der Waals surface area contributed by atoms with Crippen molar-refractivity contribution in [3.63, 3.8) is 0 Å². The largest absolute Gasteiger partial charge is 0.481 e. The van der Waals surface area contributed by atoms with Crippen LogP contribution in [0, 0.1) is 0 Å². The fourth-order valence-electron chi connectivity index (χ4n) is 0.885. The molecule has 0 unspecified atom stereocenters. The van der Waals surface area contributed by atoms with Gasteiger partial charge in [-0.25, -0.2) is 0 Å². The quantitative estimate of drug-likeness (QED) is 0.441. The Morgan fingerprint density at radius 2 is 1.92 bits per heavy atom. The first-order chi connectivity index (χ1) is 6.06. The van der Waals surface area contributed by atoms with E-state index >= 15 is 0 Å². The monoisotopic (exact) mass is 190 g/mol. The first-order valence-corrected chi connectivity index (χ1v) is 3.89. The summed E-state index contributed by atoms with van der Waals surface area (Å²) in [7, 11) is 0. The lowest BCUT2D eigenvalue weighted by Crippen LogP contribution is -2.37. The molecule has 0 aromatic carbocycles. The number of hydrogen-bond donors (Lipinski definition) is 3. The molecule has 0 aliphatic carbocycles. The third kappa shape index (κ3) is 7.23. The molecule has 13 heavy (non-hydrogen) atoms. The zero-order valence-corrected chi connectivity index (χ0v) is 7.27. The van der Waals surface area contributed by atoms with Crippen molar-refractivity contribution < 1.29 is 19.8 Å². The lowest BCUT2D eigenvalue weighted by molar-refractivity contribution is -0.137. The van der Waals surface area contributed by atoms with Crippen molar-refractivity contribution in [2.24, 2.45) is 5.73 Å². The van der Waals surface area contributed by atoms with Crippen molar-refractivity contribution in [2.45, 2.75) is 6.42 Å². The van der Waals surface area contributed by atoms with E-state index in [0.717, 1.165) is 0 Å². The molecular weight excluding hydrogens is 176 g/mol. The van der Waals surface area contributed by atoms with Gasteiger partial charge in [0.2, 0.25) is 5.91 Å². The number of carboxylic acids is 1. The van der Waals surface area contributed by atoms with Crippen molar-refractivity contribution in [3.05, 3.63) is 0 Å². The number of nitrogens with two attached hydrogens (primary N) is 1. The van der Waals surface area contributed by atoms with E-state index in [-0.39, 0.29) is 32.7 Å². The smallest absolute Gasteiger partial charge is 0.304 e. The topological polar surface area (TPSA) is 104 Å². The van der Waals surface area contributed by atoms with Crippen LogP contribution in [0.25, 0.3) is 0 Å². The normalized spacial score (nSPS) is 10.3. The first kappa shape index (κ1) is 11.9. The summed E-state index contributed by atoms with van der Waals surface area (Å²) in [5, 5.41) is 16.9. The summed E-state index contributed by atoms with van der Waals surface area (Å²) in [5.74, 6) is -1.47. The maximum atomic E-state index is 10.5. The number of aliphatic hydroxyl groups is 1. The van der Waals surface area contributed by atoms with Crippen LogP contribution in [0.1, 0.15) is 6.42 Å². The molecule has 6 nitrogen and oxygen atoms in total. The van der Waals surface area contributed by atoms with Gasteiger partial charge < -0.3 is 15.9 Å². The average molecular weight is 190 g/mol. The van der Waals surface area contributed by atoms with Crippen molar-refractivity contribution >= 4 is 11.9 Å². The molecule has 0 fully saturated rings. The molecule has 4 N–H and O–H groups in total. The minimum absolute atomic E-state index is 0.0200. The number of aliphatic carboxylic acids is 1. The van der Waals surface area contributed by atoms with Crippen molar-refractivity contribution in [1.82, 2.24) is 4.90 Å². The van der Waals surface area contributed by atoms with Gasteiger partial charge in [0.15, 0.2) is 0 Å². The van der Waals surface area contributed by atoms with Crippen LogP contribution >= 0.6 is 0 Å². The van der Waals surface area contributed by atoms with E-state index in [1.807, 2.05) is 0 Å². The molecule has 0 saturated heterocycles. The highest BCUT2D eigenvalue weighted by Gasteiger charge is 2.08. The van der Waals surface area contributed by atoms with Gasteiger partial charge in [0, 0.05) is 13.1 Å². The van der Waals surface area contributed by atoms with Gasteiger partial charge in [0.25, 0.3) is 0 Å². The summed E-state index contributed by atoms with van der Waals surface area (Å²) in [5.41, 5.74) is 4.92. The SMILES string of the molecule is NC(=O)CN(CCO)CCC(=O)O. The number of aliphatic hydroxyl groups excluding tert-OH is 1. The number of rotatable bonds is 7. The van der Waals surface area contributed by atoms with Crippen LogP contribution in [0.2, 0.25) is 0 Å². The summed E-state index contributed by atoms with van der Waals surface area (Å²) in [4.78, 5) is 22.2. The molecule has 0 bridgehead atoms. The van der Waals surface area contributed by atoms with Gasteiger partial charge in [-0.2, -0.15) is 0 Å². The first-order valence-electron chi connectivity index (χ1n) is 3.89. The highest BCUT2D eigenvalue weighted by molar-refractivity contribution is 5.76. The number of hydrogen-bond acceptors (Lipinski definition) is 4. The Kier molecular flexibility index (Phi) is 5.82. The Morgan fingerprint density at radius 3 is 2.31 bits per heavy atom. The van der Waals surface area contributed by atoms with E-state index in [4.69, 9.17) is 15.9 Å². The number of carboxylic acid groups (broad SMARTS) is 1. The van der Waals surface area contributed by atoms with Crippen LogP contribution < -0.4 is 5.73 Å². The fourth-order valence-corrected chi connectivity index (χ4v) is 0.885. The van der Waals surface area contributed by atoms with Gasteiger partial charge in [0.05, 0.1) is 19.6 Å². The predicted molar refractivity (Wildman–Crippen MR) is 45.0 cm³/mol. The molecule has 0 saturated carbocycles.